The first-order valence-electron chi connectivity index (χ1n) is 9.35. The number of aryl methyl sites for hydroxylation is 1. The number of pyridine rings is 1. The topological polar surface area (TPSA) is 12.9 Å². The molecule has 0 radical (unpaired) electrons. The van der Waals surface area contributed by atoms with Crippen LogP contribution in [-0.2, 0) is 6.42 Å². The van der Waals surface area contributed by atoms with Crippen LogP contribution in [0.2, 0.25) is 0 Å². The third kappa shape index (κ3) is 6.63. The summed E-state index contributed by atoms with van der Waals surface area (Å²) in [5.74, 6) is 0. The molecule has 23 heavy (non-hydrogen) atoms. The van der Waals surface area contributed by atoms with E-state index in [0.29, 0.717) is 0 Å². The number of para-hydroxylation sites is 1. The van der Waals surface area contributed by atoms with Crippen LogP contribution in [0.3, 0.4) is 0 Å². The van der Waals surface area contributed by atoms with Crippen LogP contribution < -0.4 is 0 Å². The Morgan fingerprint density at radius 2 is 1.43 bits per heavy atom. The van der Waals surface area contributed by atoms with Gasteiger partial charge in [0.2, 0.25) is 0 Å². The minimum Gasteiger partial charge on any atom is -0.252 e. The minimum atomic E-state index is 1.09. The molecule has 0 aliphatic carbocycles. The maximum atomic E-state index is 4.80. The van der Waals surface area contributed by atoms with Gasteiger partial charge in [0.15, 0.2) is 0 Å². The van der Waals surface area contributed by atoms with E-state index < -0.39 is 0 Å². The van der Waals surface area contributed by atoms with E-state index in [1.165, 1.54) is 75.3 Å². The van der Waals surface area contributed by atoms with E-state index >= 15 is 0 Å². The lowest BCUT2D eigenvalue weighted by Gasteiger charge is -2.06. The van der Waals surface area contributed by atoms with Crippen molar-refractivity contribution in [3.63, 3.8) is 0 Å². The van der Waals surface area contributed by atoms with E-state index in [4.69, 9.17) is 4.98 Å². The van der Waals surface area contributed by atoms with E-state index in [0.717, 1.165) is 16.4 Å². The van der Waals surface area contributed by atoms with Gasteiger partial charge in [0, 0.05) is 9.86 Å². The van der Waals surface area contributed by atoms with Crippen molar-refractivity contribution < 1.29 is 0 Å². The Hall–Kier alpha value is -0.890. The first-order chi connectivity index (χ1) is 11.3. The molecular formula is C21H30BrN. The fourth-order valence-corrected chi connectivity index (χ4v) is 3.62. The molecule has 0 amide bonds. The number of unbranched alkanes of at least 4 members (excludes halogenated alkanes) is 9. The number of halogens is 1. The summed E-state index contributed by atoms with van der Waals surface area (Å²) in [6, 6.07) is 10.6. The molecule has 0 aliphatic rings. The van der Waals surface area contributed by atoms with Gasteiger partial charge in [-0.3, -0.25) is 4.98 Å². The van der Waals surface area contributed by atoms with Gasteiger partial charge in [-0.25, -0.2) is 0 Å². The Kier molecular flexibility index (Phi) is 8.67. The molecule has 0 fully saturated rings. The third-order valence-electron chi connectivity index (χ3n) is 4.52. The Balaban J connectivity index is 1.62. The molecule has 0 N–H and O–H groups in total. The molecule has 0 bridgehead atoms. The molecule has 0 saturated carbocycles. The van der Waals surface area contributed by atoms with Crippen LogP contribution in [0.5, 0.6) is 0 Å². The minimum absolute atomic E-state index is 1.09. The molecule has 126 valence electrons. The summed E-state index contributed by atoms with van der Waals surface area (Å²) in [6.45, 7) is 2.28. The quantitative estimate of drug-likeness (QED) is 0.371. The van der Waals surface area contributed by atoms with Crippen molar-refractivity contribution in [2.75, 3.05) is 0 Å². The highest BCUT2D eigenvalue weighted by molar-refractivity contribution is 9.10. The average molecular weight is 376 g/mol. The van der Waals surface area contributed by atoms with Crippen LogP contribution in [-0.4, -0.2) is 4.98 Å². The van der Waals surface area contributed by atoms with Gasteiger partial charge in [-0.2, -0.15) is 0 Å². The second kappa shape index (κ2) is 10.8. The molecule has 0 aliphatic heterocycles. The van der Waals surface area contributed by atoms with Gasteiger partial charge >= 0.3 is 0 Å². The van der Waals surface area contributed by atoms with Crippen molar-refractivity contribution in [2.24, 2.45) is 0 Å². The van der Waals surface area contributed by atoms with Gasteiger partial charge in [0.25, 0.3) is 0 Å². The van der Waals surface area contributed by atoms with Crippen LogP contribution in [0.4, 0.5) is 0 Å². The highest BCUT2D eigenvalue weighted by atomic mass is 79.9. The van der Waals surface area contributed by atoms with E-state index in [1.54, 1.807) is 0 Å². The first-order valence-corrected chi connectivity index (χ1v) is 10.1. The first kappa shape index (κ1) is 18.4. The summed E-state index contributed by atoms with van der Waals surface area (Å²) >= 11 is 3.68. The molecule has 1 aromatic carbocycles. The molecule has 2 heteroatoms. The summed E-state index contributed by atoms with van der Waals surface area (Å²) in [5.41, 5.74) is 2.32. The number of benzene rings is 1. The van der Waals surface area contributed by atoms with Crippen LogP contribution in [0.1, 0.15) is 76.8 Å². The fraction of sp³-hybridized carbons (Fsp3) is 0.571. The number of aromatic nitrogens is 1. The lowest BCUT2D eigenvalue weighted by molar-refractivity contribution is 0.555. The molecule has 2 rings (SSSR count). The highest BCUT2D eigenvalue weighted by Gasteiger charge is 2.04. The van der Waals surface area contributed by atoms with Crippen molar-refractivity contribution in [3.8, 4) is 0 Å². The zero-order valence-electron chi connectivity index (χ0n) is 14.5. The van der Waals surface area contributed by atoms with Gasteiger partial charge in [0.05, 0.1) is 11.2 Å². The summed E-state index contributed by atoms with van der Waals surface area (Å²) in [6.07, 6.45) is 14.9. The second-order valence-electron chi connectivity index (χ2n) is 6.54. The summed E-state index contributed by atoms with van der Waals surface area (Å²) in [4.78, 5) is 4.80. The monoisotopic (exact) mass is 375 g/mol. The molecule has 1 nitrogen and oxygen atoms in total. The Morgan fingerprint density at radius 3 is 2.13 bits per heavy atom. The normalized spacial score (nSPS) is 11.2. The van der Waals surface area contributed by atoms with E-state index in [1.807, 2.05) is 0 Å². The highest BCUT2D eigenvalue weighted by Crippen LogP contribution is 2.23. The molecule has 1 aromatic heterocycles. The molecule has 0 atom stereocenters. The molecule has 1 heterocycles. The predicted octanol–water partition coefficient (Wildman–Crippen LogP) is 7.46. The van der Waals surface area contributed by atoms with Crippen molar-refractivity contribution in [2.45, 2.75) is 77.6 Å². The van der Waals surface area contributed by atoms with Crippen molar-refractivity contribution in [1.82, 2.24) is 4.98 Å². The standard InChI is InChI=1S/C21H30BrN/c1-2-3-4-5-6-7-8-9-10-11-16-21-19(22)17-18-14-12-13-15-20(18)23-21/h12-15,17H,2-11,16H2,1H3. The molecule has 0 spiro atoms. The number of rotatable bonds is 11. The molecule has 0 unspecified atom stereocenters. The van der Waals surface area contributed by atoms with E-state index in [-0.39, 0.29) is 0 Å². The average Bonchev–Trinajstić information content (AvgIpc) is 2.57. The second-order valence-corrected chi connectivity index (χ2v) is 7.40. The molecule has 0 saturated heterocycles. The van der Waals surface area contributed by atoms with Crippen molar-refractivity contribution in [1.29, 1.82) is 0 Å². The van der Waals surface area contributed by atoms with Crippen molar-refractivity contribution >= 4 is 26.8 Å². The molecule has 2 aromatic rings. The van der Waals surface area contributed by atoms with E-state index in [2.05, 4.69) is 53.2 Å². The van der Waals surface area contributed by atoms with Gasteiger partial charge in [0.1, 0.15) is 0 Å². The van der Waals surface area contributed by atoms with Crippen molar-refractivity contribution in [3.05, 3.63) is 40.5 Å². The fourth-order valence-electron chi connectivity index (χ4n) is 3.09. The van der Waals surface area contributed by atoms with Gasteiger partial charge in [-0.1, -0.05) is 82.9 Å². The van der Waals surface area contributed by atoms with Crippen LogP contribution in [0.15, 0.2) is 34.8 Å². The summed E-state index contributed by atoms with van der Waals surface area (Å²) < 4.78 is 1.16. The Labute approximate surface area is 150 Å². The number of fused-ring (bicyclic) bond motifs is 1. The lowest BCUT2D eigenvalue weighted by Crippen LogP contribution is -1.93. The van der Waals surface area contributed by atoms with Crippen LogP contribution in [0.25, 0.3) is 10.9 Å². The van der Waals surface area contributed by atoms with Gasteiger partial charge in [-0.15, -0.1) is 0 Å². The predicted molar refractivity (Wildman–Crippen MR) is 105 cm³/mol. The smallest absolute Gasteiger partial charge is 0.0706 e. The SMILES string of the molecule is CCCCCCCCCCCCc1nc2ccccc2cc1Br. The van der Waals surface area contributed by atoms with Gasteiger partial charge in [-0.05, 0) is 40.9 Å². The largest absolute Gasteiger partial charge is 0.252 e. The number of hydrogen-bond donors (Lipinski definition) is 0. The van der Waals surface area contributed by atoms with Gasteiger partial charge < -0.3 is 0 Å². The number of nitrogens with zero attached hydrogens (tertiary/aromatic N) is 1. The molecular weight excluding hydrogens is 346 g/mol. The van der Waals surface area contributed by atoms with Crippen LogP contribution in [0, 0.1) is 0 Å². The maximum absolute atomic E-state index is 4.80. The zero-order valence-corrected chi connectivity index (χ0v) is 16.1. The Bertz CT molecular complexity index is 579. The third-order valence-corrected chi connectivity index (χ3v) is 5.20. The Morgan fingerprint density at radius 1 is 0.826 bits per heavy atom. The van der Waals surface area contributed by atoms with E-state index in [9.17, 15) is 0 Å². The number of hydrogen-bond acceptors (Lipinski definition) is 1. The summed E-state index contributed by atoms with van der Waals surface area (Å²) in [5, 5.41) is 1.21. The zero-order chi connectivity index (χ0) is 16.3. The van der Waals surface area contributed by atoms with Crippen LogP contribution >= 0.6 is 15.9 Å². The summed E-state index contributed by atoms with van der Waals surface area (Å²) in [7, 11) is 0. The maximum Gasteiger partial charge on any atom is 0.0706 e. The lowest BCUT2D eigenvalue weighted by atomic mass is 10.0.